The molecule has 0 aliphatic rings. The van der Waals surface area contributed by atoms with E-state index in [0.29, 0.717) is 12.0 Å². The van der Waals surface area contributed by atoms with Gasteiger partial charge in [0, 0.05) is 6.04 Å². The summed E-state index contributed by atoms with van der Waals surface area (Å²) >= 11 is 0. The predicted octanol–water partition coefficient (Wildman–Crippen LogP) is 3.99. The van der Waals surface area contributed by atoms with Crippen molar-refractivity contribution in [1.82, 2.24) is 5.32 Å². The summed E-state index contributed by atoms with van der Waals surface area (Å²) in [5, 5.41) is 3.63. The first-order valence-corrected chi connectivity index (χ1v) is 7.14. The molecule has 2 nitrogen and oxygen atoms in total. The minimum absolute atomic E-state index is 0.454. The van der Waals surface area contributed by atoms with Gasteiger partial charge in [-0.1, -0.05) is 44.2 Å². The van der Waals surface area contributed by atoms with E-state index in [2.05, 4.69) is 55.6 Å². The summed E-state index contributed by atoms with van der Waals surface area (Å²) in [6.45, 7) is 5.42. The lowest BCUT2D eigenvalue weighted by molar-refractivity contribution is 0.426. The number of likely N-dealkylation sites (N-methyl/N-ethyl adjacent to an activating group) is 1. The quantitative estimate of drug-likeness (QED) is 0.811. The highest BCUT2D eigenvalue weighted by atomic mass is 16.3. The normalized spacial score (nSPS) is 14.2. The first-order valence-electron chi connectivity index (χ1n) is 7.14. The van der Waals surface area contributed by atoms with Crippen molar-refractivity contribution in [3.8, 4) is 0 Å². The average Bonchev–Trinajstić information content (AvgIpc) is 2.94. The van der Waals surface area contributed by atoms with Gasteiger partial charge in [0.05, 0.1) is 12.5 Å². The van der Waals surface area contributed by atoms with Crippen LogP contribution in [-0.4, -0.2) is 12.6 Å². The molecule has 2 heteroatoms. The Morgan fingerprint density at radius 2 is 1.89 bits per heavy atom. The van der Waals surface area contributed by atoms with Gasteiger partial charge in [0.1, 0.15) is 0 Å². The summed E-state index contributed by atoms with van der Waals surface area (Å²) < 4.78 is 5.18. The molecular weight excluding hydrogens is 234 g/mol. The van der Waals surface area contributed by atoms with Crippen LogP contribution in [0.5, 0.6) is 0 Å². The van der Waals surface area contributed by atoms with E-state index in [4.69, 9.17) is 4.42 Å². The lowest BCUT2D eigenvalue weighted by Crippen LogP contribution is -2.36. The Morgan fingerprint density at radius 3 is 2.47 bits per heavy atom. The Bertz CT molecular complexity index is 449. The van der Waals surface area contributed by atoms with Crippen LogP contribution < -0.4 is 5.32 Å². The van der Waals surface area contributed by atoms with Crippen molar-refractivity contribution in [2.45, 2.75) is 38.6 Å². The predicted molar refractivity (Wildman–Crippen MR) is 79.4 cm³/mol. The number of furan rings is 1. The van der Waals surface area contributed by atoms with E-state index in [1.54, 1.807) is 6.26 Å². The molecule has 0 aliphatic heterocycles. The third-order valence-corrected chi connectivity index (χ3v) is 3.66. The Labute approximate surface area is 115 Å². The van der Waals surface area contributed by atoms with Gasteiger partial charge in [0.15, 0.2) is 0 Å². The van der Waals surface area contributed by atoms with Crippen molar-refractivity contribution in [2.75, 3.05) is 6.54 Å². The number of benzene rings is 1. The second-order valence-corrected chi connectivity index (χ2v) is 4.93. The largest absolute Gasteiger partial charge is 0.472 e. The van der Waals surface area contributed by atoms with Crippen LogP contribution in [0, 0.1) is 0 Å². The van der Waals surface area contributed by atoms with Crippen LogP contribution in [0.15, 0.2) is 53.3 Å². The second kappa shape index (κ2) is 7.15. The summed E-state index contributed by atoms with van der Waals surface area (Å²) in [4.78, 5) is 0. The van der Waals surface area contributed by atoms with E-state index in [1.165, 1.54) is 11.1 Å². The van der Waals surface area contributed by atoms with Gasteiger partial charge in [-0.2, -0.15) is 0 Å². The molecule has 1 aromatic heterocycles. The van der Waals surface area contributed by atoms with Gasteiger partial charge in [0.25, 0.3) is 0 Å². The molecular formula is C17H23NO. The highest BCUT2D eigenvalue weighted by Gasteiger charge is 2.21. The SMILES string of the molecule is CCNC(Cc1ccoc1)C(CC)c1ccccc1. The summed E-state index contributed by atoms with van der Waals surface area (Å²) in [5.74, 6) is 0.538. The van der Waals surface area contributed by atoms with Gasteiger partial charge in [0.2, 0.25) is 0 Å². The molecule has 0 spiro atoms. The monoisotopic (exact) mass is 257 g/mol. The van der Waals surface area contributed by atoms with E-state index >= 15 is 0 Å². The fraction of sp³-hybridized carbons (Fsp3) is 0.412. The number of nitrogens with one attached hydrogen (secondary N) is 1. The molecule has 0 saturated carbocycles. The molecule has 2 unspecified atom stereocenters. The first-order chi connectivity index (χ1) is 9.35. The lowest BCUT2D eigenvalue weighted by Gasteiger charge is -2.27. The summed E-state index contributed by atoms with van der Waals surface area (Å²) in [6, 6.07) is 13.3. The van der Waals surface area contributed by atoms with E-state index < -0.39 is 0 Å². The van der Waals surface area contributed by atoms with Crippen molar-refractivity contribution in [3.63, 3.8) is 0 Å². The molecule has 19 heavy (non-hydrogen) atoms. The van der Waals surface area contributed by atoms with Gasteiger partial charge in [-0.15, -0.1) is 0 Å². The van der Waals surface area contributed by atoms with Crippen LogP contribution in [0.3, 0.4) is 0 Å². The minimum atomic E-state index is 0.454. The summed E-state index contributed by atoms with van der Waals surface area (Å²) in [7, 11) is 0. The van der Waals surface area contributed by atoms with Crippen molar-refractivity contribution in [3.05, 3.63) is 60.1 Å². The second-order valence-electron chi connectivity index (χ2n) is 4.93. The molecule has 2 rings (SSSR count). The number of hydrogen-bond acceptors (Lipinski definition) is 2. The highest BCUT2D eigenvalue weighted by molar-refractivity contribution is 5.22. The lowest BCUT2D eigenvalue weighted by atomic mass is 9.86. The number of hydrogen-bond donors (Lipinski definition) is 1. The highest BCUT2D eigenvalue weighted by Crippen LogP contribution is 2.25. The topological polar surface area (TPSA) is 25.2 Å². The first kappa shape index (κ1) is 13.9. The average molecular weight is 257 g/mol. The minimum Gasteiger partial charge on any atom is -0.472 e. The van der Waals surface area contributed by atoms with Crippen molar-refractivity contribution < 1.29 is 4.42 Å². The van der Waals surface area contributed by atoms with Crippen LogP contribution in [0.25, 0.3) is 0 Å². The third-order valence-electron chi connectivity index (χ3n) is 3.66. The fourth-order valence-electron chi connectivity index (χ4n) is 2.73. The van der Waals surface area contributed by atoms with E-state index in [-0.39, 0.29) is 0 Å². The zero-order valence-electron chi connectivity index (χ0n) is 11.8. The van der Waals surface area contributed by atoms with E-state index in [0.717, 1.165) is 19.4 Å². The molecule has 0 saturated heterocycles. The maximum atomic E-state index is 5.18. The maximum absolute atomic E-state index is 5.18. The van der Waals surface area contributed by atoms with Crippen LogP contribution in [0.2, 0.25) is 0 Å². The van der Waals surface area contributed by atoms with Gasteiger partial charge < -0.3 is 9.73 Å². The van der Waals surface area contributed by atoms with Crippen LogP contribution in [0.1, 0.15) is 37.3 Å². The summed E-state index contributed by atoms with van der Waals surface area (Å²) in [6.07, 6.45) is 5.75. The zero-order valence-corrected chi connectivity index (χ0v) is 11.8. The molecule has 0 fully saturated rings. The van der Waals surface area contributed by atoms with Crippen molar-refractivity contribution >= 4 is 0 Å². The standard InChI is InChI=1S/C17H23NO/c1-3-16(15-8-6-5-7-9-15)17(18-4-2)12-14-10-11-19-13-14/h5-11,13,16-18H,3-4,12H2,1-2H3. The molecule has 2 atom stereocenters. The Kier molecular flexibility index (Phi) is 5.22. The van der Waals surface area contributed by atoms with E-state index in [1.807, 2.05) is 6.26 Å². The molecule has 0 aliphatic carbocycles. The zero-order chi connectivity index (χ0) is 13.5. The van der Waals surface area contributed by atoms with E-state index in [9.17, 15) is 0 Å². The molecule has 1 N–H and O–H groups in total. The molecule has 1 aromatic carbocycles. The maximum Gasteiger partial charge on any atom is 0.0935 e. The van der Waals surface area contributed by atoms with Gasteiger partial charge in [-0.25, -0.2) is 0 Å². The van der Waals surface area contributed by atoms with Crippen molar-refractivity contribution in [1.29, 1.82) is 0 Å². The summed E-state index contributed by atoms with van der Waals surface area (Å²) in [5.41, 5.74) is 2.68. The Balaban J connectivity index is 2.16. The van der Waals surface area contributed by atoms with Gasteiger partial charge >= 0.3 is 0 Å². The van der Waals surface area contributed by atoms with Crippen LogP contribution in [-0.2, 0) is 6.42 Å². The third kappa shape index (κ3) is 3.71. The molecule has 0 radical (unpaired) electrons. The smallest absolute Gasteiger partial charge is 0.0935 e. The van der Waals surface area contributed by atoms with Gasteiger partial charge in [-0.05, 0) is 42.5 Å². The van der Waals surface area contributed by atoms with Crippen LogP contribution in [0.4, 0.5) is 0 Å². The van der Waals surface area contributed by atoms with Gasteiger partial charge in [-0.3, -0.25) is 0 Å². The Hall–Kier alpha value is -1.54. The molecule has 0 bridgehead atoms. The Morgan fingerprint density at radius 1 is 1.11 bits per heavy atom. The van der Waals surface area contributed by atoms with Crippen molar-refractivity contribution in [2.24, 2.45) is 0 Å². The molecule has 0 amide bonds. The van der Waals surface area contributed by atoms with Crippen LogP contribution >= 0.6 is 0 Å². The fourth-order valence-corrected chi connectivity index (χ4v) is 2.73. The molecule has 2 aromatic rings. The number of rotatable bonds is 7. The molecule has 1 heterocycles. The molecule has 102 valence electrons.